The Morgan fingerprint density at radius 2 is 1.89 bits per heavy atom. The van der Waals surface area contributed by atoms with Gasteiger partial charge in [0.15, 0.2) is 0 Å². The number of carboxylic acid groups (broad SMARTS) is 1. The van der Waals surface area contributed by atoms with Gasteiger partial charge in [0.2, 0.25) is 0 Å². The molecular formula is C16H28O3. The first-order valence-corrected chi connectivity index (χ1v) is 7.96. The second kappa shape index (κ2) is 5.82. The minimum absolute atomic E-state index is 0.00616. The molecule has 2 fully saturated rings. The number of hydrogen-bond donors (Lipinski definition) is 1. The lowest BCUT2D eigenvalue weighted by atomic mass is 9.63. The second-order valence-electron chi connectivity index (χ2n) is 6.45. The zero-order chi connectivity index (χ0) is 13.9. The Labute approximate surface area is 116 Å². The summed E-state index contributed by atoms with van der Waals surface area (Å²) in [6, 6.07) is 0. The van der Waals surface area contributed by atoms with Crippen molar-refractivity contribution in [3.63, 3.8) is 0 Å². The summed E-state index contributed by atoms with van der Waals surface area (Å²) in [7, 11) is 0. The Bertz CT molecular complexity index is 308. The van der Waals surface area contributed by atoms with E-state index >= 15 is 0 Å². The molecule has 0 aromatic heterocycles. The summed E-state index contributed by atoms with van der Waals surface area (Å²) in [5.74, 6) is -0.317. The molecule has 2 rings (SSSR count). The highest BCUT2D eigenvalue weighted by molar-refractivity contribution is 5.75. The first-order valence-electron chi connectivity index (χ1n) is 7.96. The molecule has 0 bridgehead atoms. The molecule has 0 aromatic rings. The van der Waals surface area contributed by atoms with Crippen molar-refractivity contribution in [3.8, 4) is 0 Å². The molecular weight excluding hydrogens is 240 g/mol. The van der Waals surface area contributed by atoms with Crippen LogP contribution in [-0.4, -0.2) is 23.3 Å². The molecule has 1 saturated carbocycles. The van der Waals surface area contributed by atoms with Crippen molar-refractivity contribution in [3.05, 3.63) is 0 Å². The molecule has 3 nitrogen and oxygen atoms in total. The van der Waals surface area contributed by atoms with Crippen molar-refractivity contribution in [1.82, 2.24) is 0 Å². The molecule has 0 aromatic carbocycles. The Hall–Kier alpha value is -0.570. The molecule has 3 heteroatoms. The van der Waals surface area contributed by atoms with E-state index in [1.54, 1.807) is 0 Å². The molecule has 1 atom stereocenters. The Kier molecular flexibility index (Phi) is 4.54. The normalized spacial score (nSPS) is 27.4. The van der Waals surface area contributed by atoms with E-state index in [4.69, 9.17) is 4.74 Å². The van der Waals surface area contributed by atoms with Gasteiger partial charge in [0.05, 0.1) is 11.0 Å². The van der Waals surface area contributed by atoms with Gasteiger partial charge in [-0.1, -0.05) is 33.1 Å². The summed E-state index contributed by atoms with van der Waals surface area (Å²) in [6.07, 6.45) is 9.40. The van der Waals surface area contributed by atoms with E-state index in [0.29, 0.717) is 0 Å². The van der Waals surface area contributed by atoms with Crippen molar-refractivity contribution < 1.29 is 14.6 Å². The van der Waals surface area contributed by atoms with Gasteiger partial charge < -0.3 is 9.84 Å². The van der Waals surface area contributed by atoms with Crippen LogP contribution in [0, 0.1) is 11.3 Å². The van der Waals surface area contributed by atoms with Crippen molar-refractivity contribution >= 4 is 5.97 Å². The smallest absolute Gasteiger partial charge is 0.309 e. The molecule has 1 spiro atoms. The van der Waals surface area contributed by atoms with Crippen LogP contribution in [0.15, 0.2) is 0 Å². The Morgan fingerprint density at radius 3 is 2.42 bits per heavy atom. The molecule has 19 heavy (non-hydrogen) atoms. The van der Waals surface area contributed by atoms with E-state index in [-0.39, 0.29) is 11.5 Å². The van der Waals surface area contributed by atoms with Gasteiger partial charge in [-0.05, 0) is 44.4 Å². The van der Waals surface area contributed by atoms with E-state index in [1.807, 2.05) is 13.8 Å². The maximum atomic E-state index is 11.8. The van der Waals surface area contributed by atoms with Gasteiger partial charge in [-0.2, -0.15) is 0 Å². The van der Waals surface area contributed by atoms with Crippen LogP contribution in [0.25, 0.3) is 0 Å². The number of ether oxygens (including phenoxy) is 1. The molecule has 0 amide bonds. The minimum Gasteiger partial charge on any atom is -0.481 e. The van der Waals surface area contributed by atoms with Crippen molar-refractivity contribution in [1.29, 1.82) is 0 Å². The van der Waals surface area contributed by atoms with Crippen LogP contribution in [-0.2, 0) is 9.53 Å². The van der Waals surface area contributed by atoms with Crippen LogP contribution < -0.4 is 0 Å². The highest BCUT2D eigenvalue weighted by Crippen LogP contribution is 2.49. The summed E-state index contributed by atoms with van der Waals surface area (Å²) < 4.78 is 6.11. The van der Waals surface area contributed by atoms with Crippen molar-refractivity contribution in [2.75, 3.05) is 6.61 Å². The molecule has 1 N–H and O–H groups in total. The first-order chi connectivity index (χ1) is 9.08. The quantitative estimate of drug-likeness (QED) is 0.838. The van der Waals surface area contributed by atoms with Crippen molar-refractivity contribution in [2.24, 2.45) is 11.3 Å². The second-order valence-corrected chi connectivity index (χ2v) is 6.45. The van der Waals surface area contributed by atoms with Crippen molar-refractivity contribution in [2.45, 2.75) is 77.2 Å². The van der Waals surface area contributed by atoms with E-state index in [1.165, 1.54) is 19.3 Å². The Morgan fingerprint density at radius 1 is 1.26 bits per heavy atom. The van der Waals surface area contributed by atoms with E-state index in [9.17, 15) is 9.90 Å². The third-order valence-electron chi connectivity index (χ3n) is 5.73. The predicted molar refractivity (Wildman–Crippen MR) is 75.1 cm³/mol. The third-order valence-corrected chi connectivity index (χ3v) is 5.73. The summed E-state index contributed by atoms with van der Waals surface area (Å²) in [6.45, 7) is 4.81. The van der Waals surface area contributed by atoms with Crippen LogP contribution in [0.1, 0.15) is 71.6 Å². The lowest BCUT2D eigenvalue weighted by molar-refractivity contribution is -0.168. The van der Waals surface area contributed by atoms with E-state index in [2.05, 4.69) is 0 Å². The van der Waals surface area contributed by atoms with Crippen LogP contribution >= 0.6 is 0 Å². The number of rotatable bonds is 4. The van der Waals surface area contributed by atoms with Gasteiger partial charge >= 0.3 is 5.97 Å². The maximum Gasteiger partial charge on any atom is 0.309 e. The summed E-state index contributed by atoms with van der Waals surface area (Å²) in [5, 5.41) is 9.72. The van der Waals surface area contributed by atoms with Crippen LogP contribution in [0.2, 0.25) is 0 Å². The van der Waals surface area contributed by atoms with Gasteiger partial charge in [-0.3, -0.25) is 4.79 Å². The maximum absolute atomic E-state index is 11.8. The largest absolute Gasteiger partial charge is 0.481 e. The molecule has 1 aliphatic heterocycles. The zero-order valence-corrected chi connectivity index (χ0v) is 12.4. The Balaban J connectivity index is 2.17. The fraction of sp³-hybridized carbons (Fsp3) is 0.938. The van der Waals surface area contributed by atoms with Gasteiger partial charge in [-0.15, -0.1) is 0 Å². The van der Waals surface area contributed by atoms with Crippen LogP contribution in [0.3, 0.4) is 0 Å². The summed E-state index contributed by atoms with van der Waals surface area (Å²) in [4.78, 5) is 11.8. The van der Waals surface area contributed by atoms with Crippen LogP contribution in [0.4, 0.5) is 0 Å². The molecule has 110 valence electrons. The SMILES string of the molecule is CCC(CC)(C(=O)O)C1CCOC2(CCCCC2)C1. The monoisotopic (exact) mass is 268 g/mol. The topological polar surface area (TPSA) is 46.5 Å². The number of carboxylic acids is 1. The average molecular weight is 268 g/mol. The lowest BCUT2D eigenvalue weighted by Gasteiger charge is -2.48. The van der Waals surface area contributed by atoms with Gasteiger partial charge in [0.25, 0.3) is 0 Å². The fourth-order valence-corrected chi connectivity index (χ4v) is 4.35. The average Bonchev–Trinajstić information content (AvgIpc) is 2.41. The molecule has 0 radical (unpaired) electrons. The van der Waals surface area contributed by atoms with E-state index < -0.39 is 11.4 Å². The predicted octanol–water partition coefficient (Wildman–Crippen LogP) is 4.01. The standard InChI is InChI=1S/C16H28O3/c1-3-16(4-2,14(17)18)13-8-11-19-15(12-13)9-6-5-7-10-15/h13H,3-12H2,1-2H3,(H,17,18). The fourth-order valence-electron chi connectivity index (χ4n) is 4.35. The number of hydrogen-bond acceptors (Lipinski definition) is 2. The van der Waals surface area contributed by atoms with Crippen LogP contribution in [0.5, 0.6) is 0 Å². The summed E-state index contributed by atoms with van der Waals surface area (Å²) in [5.41, 5.74) is -0.527. The number of carbonyl (C=O) groups is 1. The minimum atomic E-state index is -0.602. The zero-order valence-electron chi connectivity index (χ0n) is 12.4. The molecule has 1 saturated heterocycles. The van der Waals surface area contributed by atoms with Gasteiger partial charge in [0.1, 0.15) is 0 Å². The lowest BCUT2D eigenvalue weighted by Crippen LogP contribution is -2.48. The first kappa shape index (κ1) is 14.8. The molecule has 2 aliphatic rings. The number of aliphatic carboxylic acids is 1. The van der Waals surface area contributed by atoms with E-state index in [0.717, 1.165) is 45.1 Å². The molecule has 1 heterocycles. The third kappa shape index (κ3) is 2.67. The molecule has 1 unspecified atom stereocenters. The van der Waals surface area contributed by atoms with Gasteiger partial charge in [-0.25, -0.2) is 0 Å². The highest BCUT2D eigenvalue weighted by atomic mass is 16.5. The molecule has 1 aliphatic carbocycles. The highest BCUT2D eigenvalue weighted by Gasteiger charge is 2.49. The van der Waals surface area contributed by atoms with Gasteiger partial charge in [0, 0.05) is 6.61 Å². The summed E-state index contributed by atoms with van der Waals surface area (Å²) >= 11 is 0.